The average molecular weight is 249 g/mol. The van der Waals surface area contributed by atoms with Gasteiger partial charge in [-0.2, -0.15) is 0 Å². The number of nitrogens with one attached hydrogen (secondary N) is 1. The minimum absolute atomic E-state index is 0.0433. The van der Waals surface area contributed by atoms with E-state index in [0.717, 1.165) is 6.42 Å². The monoisotopic (exact) mass is 249 g/mol. The second kappa shape index (κ2) is 8.50. The molecule has 1 heterocycles. The summed E-state index contributed by atoms with van der Waals surface area (Å²) in [6.07, 6.45) is 9.06. The molecule has 0 atom stereocenters. The molecule has 4 heteroatoms. The first-order valence-electron chi connectivity index (χ1n) is 6.67. The van der Waals surface area contributed by atoms with Gasteiger partial charge in [-0.15, -0.1) is 0 Å². The number of aromatic nitrogens is 1. The molecular formula is C14H23N3O. The van der Waals surface area contributed by atoms with Gasteiger partial charge in [-0.05, 0) is 12.5 Å². The van der Waals surface area contributed by atoms with E-state index in [2.05, 4.69) is 11.9 Å². The van der Waals surface area contributed by atoms with Crippen molar-refractivity contribution in [2.75, 3.05) is 6.61 Å². The van der Waals surface area contributed by atoms with Crippen LogP contribution in [0.15, 0.2) is 18.3 Å². The lowest BCUT2D eigenvalue weighted by molar-refractivity contribution is 0.293. The highest BCUT2D eigenvalue weighted by molar-refractivity contribution is 5.95. The van der Waals surface area contributed by atoms with Gasteiger partial charge in [0.05, 0.1) is 6.61 Å². The topological polar surface area (TPSA) is 72.0 Å². The minimum Gasteiger partial charge on any atom is -0.478 e. The molecule has 0 saturated heterocycles. The maximum absolute atomic E-state index is 7.33. The van der Waals surface area contributed by atoms with Crippen molar-refractivity contribution in [2.24, 2.45) is 5.73 Å². The Morgan fingerprint density at radius 3 is 2.72 bits per heavy atom. The van der Waals surface area contributed by atoms with Crippen LogP contribution in [0.5, 0.6) is 5.88 Å². The molecule has 0 fully saturated rings. The summed E-state index contributed by atoms with van der Waals surface area (Å²) in [6.45, 7) is 2.90. The van der Waals surface area contributed by atoms with E-state index in [4.69, 9.17) is 15.9 Å². The van der Waals surface area contributed by atoms with E-state index in [1.54, 1.807) is 18.3 Å². The molecule has 0 aromatic carbocycles. The SMILES string of the molecule is CCCCCCCCOc1cc(C(=N)N)ccn1. The second-order valence-electron chi connectivity index (χ2n) is 4.41. The normalized spacial score (nSPS) is 10.3. The van der Waals surface area contributed by atoms with Crippen molar-refractivity contribution in [1.82, 2.24) is 4.98 Å². The van der Waals surface area contributed by atoms with Gasteiger partial charge < -0.3 is 10.5 Å². The molecule has 0 spiro atoms. The molecular weight excluding hydrogens is 226 g/mol. The summed E-state index contributed by atoms with van der Waals surface area (Å²) in [6, 6.07) is 3.42. The first kappa shape index (κ1) is 14.5. The van der Waals surface area contributed by atoms with Gasteiger partial charge in [0.2, 0.25) is 5.88 Å². The standard InChI is InChI=1S/C14H23N3O/c1-2-3-4-5-6-7-10-18-13-11-12(14(15)16)8-9-17-13/h8-9,11H,2-7,10H2,1H3,(H3,15,16). The molecule has 1 rings (SSSR count). The highest BCUT2D eigenvalue weighted by Crippen LogP contribution is 2.10. The van der Waals surface area contributed by atoms with Gasteiger partial charge in [-0.25, -0.2) is 4.98 Å². The molecule has 0 bridgehead atoms. The van der Waals surface area contributed by atoms with Crippen LogP contribution in [0.1, 0.15) is 51.0 Å². The summed E-state index contributed by atoms with van der Waals surface area (Å²) >= 11 is 0. The zero-order valence-electron chi connectivity index (χ0n) is 11.1. The Kier molecular flexibility index (Phi) is 6.84. The van der Waals surface area contributed by atoms with E-state index in [1.807, 2.05) is 0 Å². The summed E-state index contributed by atoms with van der Waals surface area (Å²) in [7, 11) is 0. The highest BCUT2D eigenvalue weighted by atomic mass is 16.5. The fourth-order valence-corrected chi connectivity index (χ4v) is 1.72. The van der Waals surface area contributed by atoms with Crippen molar-refractivity contribution < 1.29 is 4.74 Å². The Bertz CT molecular complexity index is 366. The summed E-state index contributed by atoms with van der Waals surface area (Å²) < 4.78 is 5.54. The van der Waals surface area contributed by atoms with Gasteiger partial charge in [-0.3, -0.25) is 5.41 Å². The molecule has 0 aliphatic carbocycles. The molecule has 0 aliphatic heterocycles. The van der Waals surface area contributed by atoms with Gasteiger partial charge in [0, 0.05) is 17.8 Å². The maximum Gasteiger partial charge on any atom is 0.213 e. The Hall–Kier alpha value is -1.58. The largest absolute Gasteiger partial charge is 0.478 e. The quantitative estimate of drug-likeness (QED) is 0.401. The summed E-state index contributed by atoms with van der Waals surface area (Å²) in [4.78, 5) is 4.09. The molecule has 100 valence electrons. The molecule has 1 aromatic rings. The maximum atomic E-state index is 7.33. The van der Waals surface area contributed by atoms with Crippen LogP contribution < -0.4 is 10.5 Å². The first-order chi connectivity index (χ1) is 8.74. The fourth-order valence-electron chi connectivity index (χ4n) is 1.72. The molecule has 0 unspecified atom stereocenters. The summed E-state index contributed by atoms with van der Waals surface area (Å²) in [5.74, 6) is 0.595. The third kappa shape index (κ3) is 5.66. The number of nitrogens with zero attached hydrogens (tertiary/aromatic N) is 1. The number of amidine groups is 1. The van der Waals surface area contributed by atoms with E-state index in [1.165, 1.54) is 32.1 Å². The number of rotatable bonds is 9. The van der Waals surface area contributed by atoms with Crippen molar-refractivity contribution >= 4 is 5.84 Å². The Morgan fingerprint density at radius 2 is 2.00 bits per heavy atom. The van der Waals surface area contributed by atoms with E-state index in [9.17, 15) is 0 Å². The number of unbranched alkanes of at least 4 members (excludes halogenated alkanes) is 5. The van der Waals surface area contributed by atoms with Crippen LogP contribution >= 0.6 is 0 Å². The van der Waals surface area contributed by atoms with Crippen LogP contribution in [0.25, 0.3) is 0 Å². The number of hydrogen-bond acceptors (Lipinski definition) is 3. The van der Waals surface area contributed by atoms with Gasteiger partial charge in [0.25, 0.3) is 0 Å². The molecule has 0 saturated carbocycles. The van der Waals surface area contributed by atoms with E-state index in [0.29, 0.717) is 18.1 Å². The van der Waals surface area contributed by atoms with Crippen molar-refractivity contribution in [3.63, 3.8) is 0 Å². The molecule has 0 amide bonds. The van der Waals surface area contributed by atoms with Crippen molar-refractivity contribution in [2.45, 2.75) is 45.4 Å². The molecule has 0 aliphatic rings. The zero-order chi connectivity index (χ0) is 13.2. The Balaban J connectivity index is 2.19. The lowest BCUT2D eigenvalue weighted by Crippen LogP contribution is -2.11. The predicted molar refractivity (Wildman–Crippen MR) is 74.1 cm³/mol. The number of ether oxygens (including phenoxy) is 1. The van der Waals surface area contributed by atoms with E-state index >= 15 is 0 Å². The highest BCUT2D eigenvalue weighted by Gasteiger charge is 2.00. The Labute approximate surface area is 109 Å². The summed E-state index contributed by atoms with van der Waals surface area (Å²) in [5, 5.41) is 7.33. The van der Waals surface area contributed by atoms with Crippen LogP contribution in [-0.4, -0.2) is 17.4 Å². The van der Waals surface area contributed by atoms with Crippen LogP contribution in [0.2, 0.25) is 0 Å². The lowest BCUT2D eigenvalue weighted by Gasteiger charge is -2.06. The fraction of sp³-hybridized carbons (Fsp3) is 0.571. The zero-order valence-corrected chi connectivity index (χ0v) is 11.1. The van der Waals surface area contributed by atoms with Crippen LogP contribution in [0, 0.1) is 5.41 Å². The van der Waals surface area contributed by atoms with Crippen LogP contribution in [0.3, 0.4) is 0 Å². The van der Waals surface area contributed by atoms with Gasteiger partial charge in [0.1, 0.15) is 5.84 Å². The van der Waals surface area contributed by atoms with Crippen LogP contribution in [0.4, 0.5) is 0 Å². The molecule has 4 nitrogen and oxygen atoms in total. The molecule has 3 N–H and O–H groups in total. The third-order valence-electron chi connectivity index (χ3n) is 2.79. The number of nitrogen functional groups attached to an aromatic ring is 1. The summed E-state index contributed by atoms with van der Waals surface area (Å²) in [5.41, 5.74) is 6.06. The molecule has 18 heavy (non-hydrogen) atoms. The van der Waals surface area contributed by atoms with Crippen molar-refractivity contribution in [3.8, 4) is 5.88 Å². The third-order valence-corrected chi connectivity index (χ3v) is 2.79. The van der Waals surface area contributed by atoms with Gasteiger partial charge in [-0.1, -0.05) is 39.0 Å². The predicted octanol–water partition coefficient (Wildman–Crippen LogP) is 3.10. The minimum atomic E-state index is 0.0433. The van der Waals surface area contributed by atoms with E-state index in [-0.39, 0.29) is 5.84 Å². The number of hydrogen-bond donors (Lipinski definition) is 2. The first-order valence-corrected chi connectivity index (χ1v) is 6.67. The van der Waals surface area contributed by atoms with E-state index < -0.39 is 0 Å². The van der Waals surface area contributed by atoms with Crippen molar-refractivity contribution in [3.05, 3.63) is 23.9 Å². The van der Waals surface area contributed by atoms with Crippen LogP contribution in [-0.2, 0) is 0 Å². The number of pyridine rings is 1. The number of nitrogens with two attached hydrogens (primary N) is 1. The van der Waals surface area contributed by atoms with Crippen molar-refractivity contribution in [1.29, 1.82) is 5.41 Å². The molecule has 1 aromatic heterocycles. The second-order valence-corrected chi connectivity index (χ2v) is 4.41. The molecule has 0 radical (unpaired) electrons. The average Bonchev–Trinajstić information content (AvgIpc) is 2.38. The van der Waals surface area contributed by atoms with Gasteiger partial charge >= 0.3 is 0 Å². The lowest BCUT2D eigenvalue weighted by atomic mass is 10.1. The smallest absolute Gasteiger partial charge is 0.213 e. The van der Waals surface area contributed by atoms with Gasteiger partial charge in [0.15, 0.2) is 0 Å². The Morgan fingerprint density at radius 1 is 1.28 bits per heavy atom.